The van der Waals surface area contributed by atoms with Crippen molar-refractivity contribution in [1.82, 2.24) is 0 Å². The Labute approximate surface area is 134 Å². The average Bonchev–Trinajstić information content (AvgIpc) is 2.37. The van der Waals surface area contributed by atoms with E-state index in [9.17, 15) is 13.0 Å². The molecule has 0 aliphatic heterocycles. The molecule has 2 aromatic rings. The number of rotatable bonds is 4. The van der Waals surface area contributed by atoms with Crippen LogP contribution in [0.3, 0.4) is 0 Å². The zero-order chi connectivity index (χ0) is 13.0. The molecule has 0 bridgehead atoms. The summed E-state index contributed by atoms with van der Waals surface area (Å²) < 4.78 is 37.1. The zero-order valence-electron chi connectivity index (χ0n) is 10.4. The fourth-order valence-electron chi connectivity index (χ4n) is 1.68. The maximum atomic E-state index is 10.8. The van der Waals surface area contributed by atoms with Gasteiger partial charge in [-0.15, -0.1) is 0 Å². The van der Waals surface area contributed by atoms with Crippen molar-refractivity contribution in [2.75, 3.05) is 0 Å². The molecule has 0 spiro atoms. The van der Waals surface area contributed by atoms with Gasteiger partial charge < -0.3 is 4.55 Å². The van der Waals surface area contributed by atoms with Gasteiger partial charge in [0.15, 0.2) is 0 Å². The topological polar surface area (TPSA) is 66.4 Å². The van der Waals surface area contributed by atoms with E-state index in [1.165, 1.54) is 0 Å². The van der Waals surface area contributed by atoms with Crippen molar-refractivity contribution in [2.45, 2.75) is 6.10 Å². The Bertz CT molecular complexity index is 560. The minimum atomic E-state index is -4.77. The van der Waals surface area contributed by atoms with Crippen LogP contribution in [0.15, 0.2) is 60.7 Å². The van der Waals surface area contributed by atoms with Crippen LogP contribution in [0.2, 0.25) is 0 Å². The van der Waals surface area contributed by atoms with Gasteiger partial charge in [-0.3, -0.25) is 4.18 Å². The third-order valence-electron chi connectivity index (χ3n) is 2.42. The molecule has 6 heteroatoms. The van der Waals surface area contributed by atoms with E-state index in [0.717, 1.165) is 0 Å². The molecule has 0 aliphatic rings. The molecule has 0 aliphatic carbocycles. The second-order valence-electron chi connectivity index (χ2n) is 3.71. The van der Waals surface area contributed by atoms with Gasteiger partial charge in [-0.05, 0) is 11.1 Å². The van der Waals surface area contributed by atoms with Gasteiger partial charge in [-0.2, -0.15) is 0 Å². The van der Waals surface area contributed by atoms with E-state index in [1.807, 2.05) is 0 Å². The van der Waals surface area contributed by atoms with E-state index >= 15 is 0 Å². The molecule has 2 aromatic carbocycles. The molecule has 4 nitrogen and oxygen atoms in total. The summed E-state index contributed by atoms with van der Waals surface area (Å²) in [5.74, 6) is 0. The Morgan fingerprint density at radius 2 is 1.21 bits per heavy atom. The maximum Gasteiger partial charge on any atom is 1.00 e. The first-order valence-electron chi connectivity index (χ1n) is 5.30. The summed E-state index contributed by atoms with van der Waals surface area (Å²) in [7, 11) is -4.77. The summed E-state index contributed by atoms with van der Waals surface area (Å²) in [5.41, 5.74) is 1.23. The van der Waals surface area contributed by atoms with Crippen molar-refractivity contribution in [3.05, 3.63) is 71.8 Å². The number of hydrogen-bond acceptors (Lipinski definition) is 4. The zero-order valence-corrected chi connectivity index (χ0v) is 13.2. The van der Waals surface area contributed by atoms with Crippen LogP contribution in [-0.4, -0.2) is 13.0 Å². The van der Waals surface area contributed by atoms with E-state index in [1.54, 1.807) is 60.7 Å². The molecule has 0 atom stereocenters. The van der Waals surface area contributed by atoms with Crippen LogP contribution in [0.25, 0.3) is 0 Å². The molecule has 0 saturated heterocycles. The van der Waals surface area contributed by atoms with Crippen LogP contribution >= 0.6 is 0 Å². The average molecular weight is 286 g/mol. The molecule has 0 amide bonds. The number of hydrogen-bond donors (Lipinski definition) is 0. The van der Waals surface area contributed by atoms with E-state index in [0.29, 0.717) is 11.1 Å². The van der Waals surface area contributed by atoms with Gasteiger partial charge in [0.05, 0.1) is 0 Å². The maximum absolute atomic E-state index is 10.8. The molecule has 0 unspecified atom stereocenters. The first kappa shape index (κ1) is 16.4. The Balaban J connectivity index is 0.00000180. The monoisotopic (exact) mass is 286 g/mol. The van der Waals surface area contributed by atoms with Gasteiger partial charge in [-0.1, -0.05) is 60.7 Å². The Morgan fingerprint density at radius 3 is 1.53 bits per heavy atom. The van der Waals surface area contributed by atoms with Crippen molar-refractivity contribution < 1.29 is 46.7 Å². The molecule has 0 heterocycles. The second kappa shape index (κ2) is 7.19. The van der Waals surface area contributed by atoms with Gasteiger partial charge in [0.1, 0.15) is 6.10 Å². The predicted octanol–water partition coefficient (Wildman–Crippen LogP) is -0.743. The van der Waals surface area contributed by atoms with Gasteiger partial charge in [0, 0.05) is 0 Å². The first-order valence-corrected chi connectivity index (χ1v) is 6.63. The van der Waals surface area contributed by atoms with E-state index in [4.69, 9.17) is 0 Å². The third-order valence-corrected chi connectivity index (χ3v) is 2.85. The smallest absolute Gasteiger partial charge is 0.725 e. The van der Waals surface area contributed by atoms with Crippen molar-refractivity contribution in [3.8, 4) is 0 Å². The van der Waals surface area contributed by atoms with Crippen LogP contribution in [0.4, 0.5) is 0 Å². The summed E-state index contributed by atoms with van der Waals surface area (Å²) in [6.45, 7) is 0. The molecule has 0 radical (unpaired) electrons. The van der Waals surface area contributed by atoms with Gasteiger partial charge in [0.25, 0.3) is 0 Å². The molecule has 2 rings (SSSR count). The van der Waals surface area contributed by atoms with Crippen LogP contribution in [0.5, 0.6) is 0 Å². The predicted molar refractivity (Wildman–Crippen MR) is 65.5 cm³/mol. The van der Waals surface area contributed by atoms with Crippen molar-refractivity contribution in [2.24, 2.45) is 0 Å². The van der Waals surface area contributed by atoms with Crippen LogP contribution in [0.1, 0.15) is 17.2 Å². The molecular formula is C13H11NaO4S. The molecule has 0 saturated carbocycles. The SMILES string of the molecule is O=S(=O)([O-])OC(c1ccccc1)c1ccccc1.[Na+]. The van der Waals surface area contributed by atoms with Crippen LogP contribution in [0, 0.1) is 0 Å². The molecular weight excluding hydrogens is 275 g/mol. The third kappa shape index (κ3) is 5.06. The normalized spacial score (nSPS) is 11.1. The standard InChI is InChI=1S/C13H12O4S.Na/c14-18(15,16)17-13(11-7-3-1-4-8-11)12-9-5-2-6-10-12;/h1-10,13H,(H,14,15,16);/q;+1/p-1. The Hall–Kier alpha value is -0.690. The molecule has 0 fully saturated rings. The largest absolute Gasteiger partial charge is 1.00 e. The quantitative estimate of drug-likeness (QED) is 0.422. The van der Waals surface area contributed by atoms with E-state index in [-0.39, 0.29) is 29.6 Å². The fraction of sp³-hybridized carbons (Fsp3) is 0.0769. The van der Waals surface area contributed by atoms with Crippen molar-refractivity contribution >= 4 is 10.4 Å². The van der Waals surface area contributed by atoms with E-state index < -0.39 is 16.5 Å². The van der Waals surface area contributed by atoms with Gasteiger partial charge >= 0.3 is 29.6 Å². The van der Waals surface area contributed by atoms with Crippen molar-refractivity contribution in [1.29, 1.82) is 0 Å². The molecule has 19 heavy (non-hydrogen) atoms. The molecule has 94 valence electrons. The summed E-state index contributed by atoms with van der Waals surface area (Å²) in [4.78, 5) is 0. The van der Waals surface area contributed by atoms with Gasteiger partial charge in [-0.25, -0.2) is 8.42 Å². The van der Waals surface area contributed by atoms with Crippen LogP contribution in [-0.2, 0) is 14.6 Å². The summed E-state index contributed by atoms with van der Waals surface area (Å²) in [6, 6.07) is 17.5. The van der Waals surface area contributed by atoms with E-state index in [2.05, 4.69) is 4.18 Å². The second-order valence-corrected chi connectivity index (χ2v) is 4.71. The molecule has 0 aromatic heterocycles. The van der Waals surface area contributed by atoms with Crippen molar-refractivity contribution in [3.63, 3.8) is 0 Å². The summed E-state index contributed by atoms with van der Waals surface area (Å²) in [5, 5.41) is 0. The Kier molecular flexibility index (Phi) is 6.19. The minimum Gasteiger partial charge on any atom is -0.725 e. The van der Waals surface area contributed by atoms with Gasteiger partial charge in [0.2, 0.25) is 10.4 Å². The fourth-order valence-corrected chi connectivity index (χ4v) is 2.13. The minimum absolute atomic E-state index is 0. The number of benzene rings is 2. The summed E-state index contributed by atoms with van der Waals surface area (Å²) in [6.07, 6.45) is -0.908. The molecule has 0 N–H and O–H groups in total. The van der Waals surface area contributed by atoms with Crippen LogP contribution < -0.4 is 29.6 Å². The summed E-state index contributed by atoms with van der Waals surface area (Å²) >= 11 is 0. The first-order chi connectivity index (χ1) is 8.56. The Morgan fingerprint density at radius 1 is 0.842 bits per heavy atom.